The van der Waals surface area contributed by atoms with E-state index in [1.165, 1.54) is 4.52 Å². The van der Waals surface area contributed by atoms with Crippen LogP contribution in [-0.2, 0) is 0 Å². The van der Waals surface area contributed by atoms with E-state index in [9.17, 15) is 4.79 Å². The van der Waals surface area contributed by atoms with Crippen molar-refractivity contribution < 1.29 is 9.15 Å². The van der Waals surface area contributed by atoms with Crippen molar-refractivity contribution in [2.45, 2.75) is 19.8 Å². The molecule has 1 fully saturated rings. The van der Waals surface area contributed by atoms with Gasteiger partial charge in [0.15, 0.2) is 11.1 Å². The van der Waals surface area contributed by atoms with Gasteiger partial charge in [0.2, 0.25) is 5.89 Å². The average molecular weight is 436 g/mol. The smallest absolute Gasteiger partial charge is 0.287 e. The molecule has 1 N–H and O–H groups in total. The first-order chi connectivity index (χ1) is 16.1. The van der Waals surface area contributed by atoms with Crippen LogP contribution in [0.15, 0.2) is 57.7 Å². The maximum atomic E-state index is 13.6. The number of aryl methyl sites for hydroxylation is 1. The normalized spacial score (nSPS) is 13.3. The molecule has 3 aromatic heterocycles. The number of aromatic nitrogens is 4. The number of aromatic amines is 1. The maximum Gasteiger partial charge on any atom is 0.287 e. The third kappa shape index (κ3) is 3.19. The minimum absolute atomic E-state index is 0.220. The molecule has 5 aromatic rings. The van der Waals surface area contributed by atoms with E-state index in [4.69, 9.17) is 9.15 Å². The second-order valence-electron chi connectivity index (χ2n) is 8.15. The summed E-state index contributed by atoms with van der Waals surface area (Å²) in [6, 6.07) is 15.3. The molecule has 0 saturated heterocycles. The van der Waals surface area contributed by atoms with Crippen LogP contribution in [0.25, 0.3) is 39.3 Å². The molecule has 0 radical (unpaired) electrons. The lowest BCUT2D eigenvalue weighted by Gasteiger charge is -2.05. The lowest BCUT2D eigenvalue weighted by Crippen LogP contribution is -2.19. The lowest BCUT2D eigenvalue weighted by molar-refractivity contribution is 0.419. The molecule has 33 heavy (non-hydrogen) atoms. The van der Waals surface area contributed by atoms with E-state index in [1.54, 1.807) is 19.2 Å². The number of H-pyrrole nitrogens is 1. The molecule has 1 aliphatic carbocycles. The SMILES string of the molecule is COc1cccc2oc(-c3c(C)[nH]c4c(-c5ccccc5)c(C#CC5CC5)nn4c3=O)nc12. The van der Waals surface area contributed by atoms with Gasteiger partial charge in [-0.25, -0.2) is 4.98 Å². The van der Waals surface area contributed by atoms with Crippen LogP contribution < -0.4 is 10.3 Å². The molecule has 1 saturated carbocycles. The van der Waals surface area contributed by atoms with Crippen molar-refractivity contribution in [1.82, 2.24) is 19.6 Å². The summed E-state index contributed by atoms with van der Waals surface area (Å²) in [5, 5.41) is 4.61. The van der Waals surface area contributed by atoms with Crippen LogP contribution in [0, 0.1) is 24.7 Å². The van der Waals surface area contributed by atoms with Crippen molar-refractivity contribution in [3.8, 4) is 40.2 Å². The number of hydrogen-bond donors (Lipinski definition) is 1. The second-order valence-corrected chi connectivity index (χ2v) is 8.15. The monoisotopic (exact) mass is 436 g/mol. The Labute approximate surface area is 189 Å². The zero-order valence-corrected chi connectivity index (χ0v) is 18.2. The van der Waals surface area contributed by atoms with E-state index in [0.717, 1.165) is 24.0 Å². The number of rotatable bonds is 3. The van der Waals surface area contributed by atoms with Gasteiger partial charge in [-0.15, -0.1) is 0 Å². The van der Waals surface area contributed by atoms with Gasteiger partial charge in [-0.1, -0.05) is 42.3 Å². The average Bonchev–Trinajstić information content (AvgIpc) is 3.44. The Morgan fingerprint density at radius 2 is 1.94 bits per heavy atom. The number of fused-ring (bicyclic) bond motifs is 2. The largest absolute Gasteiger partial charge is 0.494 e. The number of hydrogen-bond acceptors (Lipinski definition) is 5. The summed E-state index contributed by atoms with van der Waals surface area (Å²) in [4.78, 5) is 21.5. The van der Waals surface area contributed by atoms with Gasteiger partial charge in [0.25, 0.3) is 5.56 Å². The Morgan fingerprint density at radius 3 is 2.70 bits per heavy atom. The molecule has 0 amide bonds. The van der Waals surface area contributed by atoms with Gasteiger partial charge in [0.1, 0.15) is 22.7 Å². The third-order valence-corrected chi connectivity index (χ3v) is 5.82. The van der Waals surface area contributed by atoms with Gasteiger partial charge in [0, 0.05) is 11.6 Å². The summed E-state index contributed by atoms with van der Waals surface area (Å²) in [5.41, 5.74) is 4.69. The Hall–Kier alpha value is -4.31. The van der Waals surface area contributed by atoms with Crippen molar-refractivity contribution in [2.75, 3.05) is 7.11 Å². The van der Waals surface area contributed by atoms with Gasteiger partial charge >= 0.3 is 0 Å². The molecule has 2 aromatic carbocycles. The minimum atomic E-state index is -0.316. The van der Waals surface area contributed by atoms with Crippen molar-refractivity contribution >= 4 is 16.7 Å². The second kappa shape index (κ2) is 7.38. The highest BCUT2D eigenvalue weighted by Gasteiger charge is 2.24. The van der Waals surface area contributed by atoms with E-state index < -0.39 is 0 Å². The summed E-state index contributed by atoms with van der Waals surface area (Å²) < 4.78 is 12.7. The fourth-order valence-corrected chi connectivity index (χ4v) is 4.00. The van der Waals surface area contributed by atoms with Crippen molar-refractivity contribution in [2.24, 2.45) is 5.92 Å². The maximum absolute atomic E-state index is 13.6. The fourth-order valence-electron chi connectivity index (χ4n) is 4.00. The number of ether oxygens (including phenoxy) is 1. The zero-order chi connectivity index (χ0) is 22.5. The van der Waals surface area contributed by atoms with Crippen LogP contribution in [0.1, 0.15) is 24.2 Å². The summed E-state index contributed by atoms with van der Waals surface area (Å²) >= 11 is 0. The zero-order valence-electron chi connectivity index (χ0n) is 18.2. The van der Waals surface area contributed by atoms with Crippen LogP contribution in [-0.4, -0.2) is 26.7 Å². The topological polar surface area (TPSA) is 85.4 Å². The summed E-state index contributed by atoms with van der Waals surface area (Å²) in [7, 11) is 1.58. The number of para-hydroxylation sites is 1. The summed E-state index contributed by atoms with van der Waals surface area (Å²) in [5.74, 6) is 7.70. The number of nitrogens with zero attached hydrogens (tertiary/aromatic N) is 3. The summed E-state index contributed by atoms with van der Waals surface area (Å²) in [6.07, 6.45) is 2.23. The molecule has 0 unspecified atom stereocenters. The quantitative estimate of drug-likeness (QED) is 0.419. The fraction of sp³-hybridized carbons (Fsp3) is 0.192. The molecule has 162 valence electrons. The number of benzene rings is 2. The highest BCUT2D eigenvalue weighted by Crippen LogP contribution is 2.32. The van der Waals surface area contributed by atoms with E-state index >= 15 is 0 Å². The molecule has 0 bridgehead atoms. The van der Waals surface area contributed by atoms with Gasteiger partial charge in [0.05, 0.1) is 12.7 Å². The van der Waals surface area contributed by atoms with E-state index in [-0.39, 0.29) is 11.4 Å². The highest BCUT2D eigenvalue weighted by molar-refractivity contribution is 5.84. The predicted molar refractivity (Wildman–Crippen MR) is 125 cm³/mol. The van der Waals surface area contributed by atoms with Gasteiger partial charge in [-0.05, 0) is 43.4 Å². The van der Waals surface area contributed by atoms with Gasteiger partial charge in [-0.2, -0.15) is 9.61 Å². The van der Waals surface area contributed by atoms with Crippen molar-refractivity contribution in [3.05, 3.63) is 70.3 Å². The molecular weight excluding hydrogens is 416 g/mol. The van der Waals surface area contributed by atoms with Gasteiger partial charge in [-0.3, -0.25) is 4.79 Å². The highest BCUT2D eigenvalue weighted by atomic mass is 16.5. The van der Waals surface area contributed by atoms with E-state index in [0.29, 0.717) is 45.4 Å². The van der Waals surface area contributed by atoms with Crippen LogP contribution >= 0.6 is 0 Å². The number of oxazole rings is 1. The first kappa shape index (κ1) is 19.4. The predicted octanol–water partition coefficient (Wildman–Crippen LogP) is 4.58. The molecule has 1 aliphatic rings. The molecule has 0 atom stereocenters. The number of nitrogens with one attached hydrogen (secondary N) is 1. The minimum Gasteiger partial charge on any atom is -0.494 e. The van der Waals surface area contributed by atoms with Crippen molar-refractivity contribution in [3.63, 3.8) is 0 Å². The Bertz CT molecular complexity index is 1640. The lowest BCUT2D eigenvalue weighted by atomic mass is 10.1. The standard InChI is InChI=1S/C26H20N4O3/c1-15-21(25-28-23-19(32-2)9-6-10-20(23)33-25)26(31)30-24(27-15)22(17-7-4-3-5-8-17)18(29-30)14-13-16-11-12-16/h3-10,16,27H,11-12H2,1-2H3. The third-order valence-electron chi connectivity index (χ3n) is 5.82. The molecule has 3 heterocycles. The van der Waals surface area contributed by atoms with Crippen LogP contribution in [0.2, 0.25) is 0 Å². The first-order valence-electron chi connectivity index (χ1n) is 10.8. The molecule has 0 aliphatic heterocycles. The molecule has 0 spiro atoms. The van der Waals surface area contributed by atoms with Crippen LogP contribution in [0.3, 0.4) is 0 Å². The van der Waals surface area contributed by atoms with Crippen molar-refractivity contribution in [1.29, 1.82) is 0 Å². The molecular formula is C26H20N4O3. The van der Waals surface area contributed by atoms with E-state index in [2.05, 4.69) is 26.9 Å². The molecule has 7 heteroatoms. The first-order valence-corrected chi connectivity index (χ1v) is 10.8. The number of methoxy groups -OCH3 is 1. The Morgan fingerprint density at radius 1 is 1.12 bits per heavy atom. The Kier molecular flexibility index (Phi) is 4.34. The molecule has 6 rings (SSSR count). The van der Waals surface area contributed by atoms with Crippen LogP contribution in [0.4, 0.5) is 0 Å². The van der Waals surface area contributed by atoms with Gasteiger partial charge < -0.3 is 14.1 Å². The van der Waals surface area contributed by atoms with Crippen LogP contribution in [0.5, 0.6) is 5.75 Å². The molecule has 7 nitrogen and oxygen atoms in total. The van der Waals surface area contributed by atoms with E-state index in [1.807, 2.05) is 43.3 Å². The summed E-state index contributed by atoms with van der Waals surface area (Å²) in [6.45, 7) is 1.83. The Balaban J connectivity index is 1.61.